The van der Waals surface area contributed by atoms with E-state index < -0.39 is 23.7 Å². The second-order valence-corrected chi connectivity index (χ2v) is 10.7. The summed E-state index contributed by atoms with van der Waals surface area (Å²) in [7, 11) is 0. The smallest absolute Gasteiger partial charge is 0.332 e. The molecule has 3 saturated heterocycles. The van der Waals surface area contributed by atoms with Crippen LogP contribution in [0.1, 0.15) is 90.4 Å². The van der Waals surface area contributed by atoms with Gasteiger partial charge in [0, 0.05) is 30.3 Å². The van der Waals surface area contributed by atoms with Crippen LogP contribution in [0.3, 0.4) is 0 Å². The molecule has 9 nitrogen and oxygen atoms in total. The number of fused-ring (bicyclic) bond motifs is 1. The summed E-state index contributed by atoms with van der Waals surface area (Å²) in [6, 6.07) is 0.206. The summed E-state index contributed by atoms with van der Waals surface area (Å²) in [5.74, 6) is -2.11. The Labute approximate surface area is 205 Å². The number of carbonyl (C=O) groups is 5. The first-order valence-electron chi connectivity index (χ1n) is 12.7. The second-order valence-electron chi connectivity index (χ2n) is 9.44. The molecule has 34 heavy (non-hydrogen) atoms. The Morgan fingerprint density at radius 3 is 2.44 bits per heavy atom. The highest BCUT2D eigenvalue weighted by Gasteiger charge is 2.42. The number of urea groups is 1. The Kier molecular flexibility index (Phi) is 10.2. The van der Waals surface area contributed by atoms with Crippen molar-refractivity contribution in [3.05, 3.63) is 0 Å². The molecule has 10 heteroatoms. The number of hydrogen-bond donors (Lipinski definition) is 2. The third-order valence-electron chi connectivity index (χ3n) is 6.81. The van der Waals surface area contributed by atoms with Crippen LogP contribution in [0.15, 0.2) is 0 Å². The SMILES string of the molecule is CCCCCCCCC(C(=O)CCCC[C@@H]1SC[C@@H]2NC(=O)N[C@@H]21)C(=O)ON1C(=O)CCC1=O. The van der Waals surface area contributed by atoms with Crippen molar-refractivity contribution in [2.24, 2.45) is 5.92 Å². The lowest BCUT2D eigenvalue weighted by atomic mass is 9.92. The van der Waals surface area contributed by atoms with Crippen LogP contribution in [0.2, 0.25) is 0 Å². The van der Waals surface area contributed by atoms with Crippen molar-refractivity contribution < 1.29 is 28.8 Å². The van der Waals surface area contributed by atoms with Gasteiger partial charge in [-0.05, 0) is 19.3 Å². The fourth-order valence-electron chi connectivity index (χ4n) is 4.81. The molecule has 0 aliphatic carbocycles. The standard InChI is InChI=1S/C24H37N3O6S/c1-2-3-4-5-6-7-10-16(23(31)33-27-20(29)13-14-21(27)30)18(28)11-8-9-12-19-22-17(15-34-19)25-24(32)26-22/h16-17,19,22H,2-15H2,1H3,(H2,25,26,32)/t16?,17-,19-,22-/m0/s1. The molecule has 4 atom stereocenters. The molecule has 0 aromatic rings. The third kappa shape index (κ3) is 7.20. The van der Waals surface area contributed by atoms with Gasteiger partial charge >= 0.3 is 12.0 Å². The first-order valence-corrected chi connectivity index (χ1v) is 13.7. The van der Waals surface area contributed by atoms with Crippen molar-refractivity contribution in [2.45, 2.75) is 108 Å². The number of carbonyl (C=O) groups excluding carboxylic acids is 5. The maximum Gasteiger partial charge on any atom is 0.343 e. The molecule has 3 aliphatic rings. The zero-order chi connectivity index (χ0) is 24.5. The lowest BCUT2D eigenvalue weighted by Gasteiger charge is -2.19. The maximum absolute atomic E-state index is 12.9. The van der Waals surface area contributed by atoms with Gasteiger partial charge in [-0.15, -0.1) is 5.06 Å². The van der Waals surface area contributed by atoms with Gasteiger partial charge in [-0.2, -0.15) is 11.8 Å². The quantitative estimate of drug-likeness (QED) is 0.155. The average molecular weight is 496 g/mol. The molecule has 0 bridgehead atoms. The molecule has 0 radical (unpaired) electrons. The van der Waals surface area contributed by atoms with Gasteiger partial charge in [0.1, 0.15) is 11.7 Å². The molecule has 0 aromatic heterocycles. The zero-order valence-electron chi connectivity index (χ0n) is 20.0. The van der Waals surface area contributed by atoms with E-state index in [1.54, 1.807) is 0 Å². The van der Waals surface area contributed by atoms with Gasteiger partial charge < -0.3 is 15.5 Å². The molecule has 190 valence electrons. The molecule has 1 unspecified atom stereocenters. The van der Waals surface area contributed by atoms with Crippen LogP contribution in [0.4, 0.5) is 4.79 Å². The van der Waals surface area contributed by atoms with Crippen molar-refractivity contribution in [3.63, 3.8) is 0 Å². The highest BCUT2D eigenvalue weighted by molar-refractivity contribution is 8.00. The molecular formula is C24H37N3O6S. The summed E-state index contributed by atoms with van der Waals surface area (Å²) in [5, 5.41) is 6.76. The molecule has 2 N–H and O–H groups in total. The van der Waals surface area contributed by atoms with E-state index >= 15 is 0 Å². The van der Waals surface area contributed by atoms with Gasteiger partial charge in [0.05, 0.1) is 12.1 Å². The first kappa shape index (κ1) is 26.5. The van der Waals surface area contributed by atoms with E-state index in [0.717, 1.165) is 50.7 Å². The molecule has 3 rings (SSSR count). The normalized spacial score (nSPS) is 24.7. The van der Waals surface area contributed by atoms with Gasteiger partial charge in [0.15, 0.2) is 0 Å². The minimum absolute atomic E-state index is 0.0269. The summed E-state index contributed by atoms with van der Waals surface area (Å²) in [6.45, 7) is 2.15. The highest BCUT2D eigenvalue weighted by atomic mass is 32.2. The Morgan fingerprint density at radius 2 is 1.71 bits per heavy atom. The van der Waals surface area contributed by atoms with Gasteiger partial charge in [0.2, 0.25) is 0 Å². The number of imide groups is 1. The lowest BCUT2D eigenvalue weighted by molar-refractivity contribution is -0.201. The number of thioether (sulfide) groups is 1. The van der Waals surface area contributed by atoms with Crippen LogP contribution >= 0.6 is 11.8 Å². The third-order valence-corrected chi connectivity index (χ3v) is 8.32. The molecule has 4 amide bonds. The molecule has 0 spiro atoms. The van der Waals surface area contributed by atoms with E-state index in [0.29, 0.717) is 23.2 Å². The molecule has 3 heterocycles. The highest BCUT2D eigenvalue weighted by Crippen LogP contribution is 2.33. The molecule has 0 aromatic carbocycles. The number of unbranched alkanes of at least 4 members (excludes halogenated alkanes) is 6. The van der Waals surface area contributed by atoms with Crippen molar-refractivity contribution in [1.29, 1.82) is 0 Å². The van der Waals surface area contributed by atoms with Crippen molar-refractivity contribution >= 4 is 41.4 Å². The minimum atomic E-state index is -0.948. The van der Waals surface area contributed by atoms with Crippen LogP contribution in [0.25, 0.3) is 0 Å². The lowest BCUT2D eigenvalue weighted by Crippen LogP contribution is -2.37. The Bertz CT molecular complexity index is 760. The molecule has 3 fully saturated rings. The summed E-state index contributed by atoms with van der Waals surface area (Å²) in [5.41, 5.74) is 0. The molecule has 0 saturated carbocycles. The Hall–Kier alpha value is -2.10. The number of amides is 4. The fraction of sp³-hybridized carbons (Fsp3) is 0.792. The van der Waals surface area contributed by atoms with E-state index in [1.807, 2.05) is 11.8 Å². The minimum Gasteiger partial charge on any atom is -0.332 e. The molecule has 3 aliphatic heterocycles. The summed E-state index contributed by atoms with van der Waals surface area (Å²) >= 11 is 1.84. The largest absolute Gasteiger partial charge is 0.343 e. The Morgan fingerprint density at radius 1 is 1.00 bits per heavy atom. The topological polar surface area (TPSA) is 122 Å². The zero-order valence-corrected chi connectivity index (χ0v) is 20.8. The number of hydroxylamine groups is 2. The van der Waals surface area contributed by atoms with Gasteiger partial charge in [-0.3, -0.25) is 14.4 Å². The molecular weight excluding hydrogens is 458 g/mol. The number of rotatable bonds is 15. The first-order chi connectivity index (χ1) is 16.4. The van der Waals surface area contributed by atoms with Gasteiger partial charge in [-0.1, -0.05) is 51.9 Å². The van der Waals surface area contributed by atoms with Crippen LogP contribution < -0.4 is 10.6 Å². The van der Waals surface area contributed by atoms with Crippen LogP contribution in [0.5, 0.6) is 0 Å². The van der Waals surface area contributed by atoms with E-state index in [9.17, 15) is 24.0 Å². The van der Waals surface area contributed by atoms with E-state index in [-0.39, 0.29) is 43.2 Å². The summed E-state index contributed by atoms with van der Waals surface area (Å²) in [6.07, 6.45) is 9.22. The van der Waals surface area contributed by atoms with E-state index in [2.05, 4.69) is 17.6 Å². The van der Waals surface area contributed by atoms with Crippen LogP contribution in [0, 0.1) is 5.92 Å². The monoisotopic (exact) mass is 495 g/mol. The average Bonchev–Trinajstić information content (AvgIpc) is 3.46. The van der Waals surface area contributed by atoms with Gasteiger partial charge in [0.25, 0.3) is 11.8 Å². The predicted molar refractivity (Wildman–Crippen MR) is 128 cm³/mol. The fourth-order valence-corrected chi connectivity index (χ4v) is 6.36. The van der Waals surface area contributed by atoms with E-state index in [1.165, 1.54) is 6.42 Å². The number of nitrogens with zero attached hydrogens (tertiary/aromatic N) is 1. The van der Waals surface area contributed by atoms with Gasteiger partial charge in [-0.25, -0.2) is 9.59 Å². The van der Waals surface area contributed by atoms with Crippen molar-refractivity contribution in [2.75, 3.05) is 5.75 Å². The van der Waals surface area contributed by atoms with E-state index in [4.69, 9.17) is 4.84 Å². The van der Waals surface area contributed by atoms with Crippen LogP contribution in [-0.4, -0.2) is 57.7 Å². The summed E-state index contributed by atoms with van der Waals surface area (Å²) < 4.78 is 0. The maximum atomic E-state index is 12.9. The van der Waals surface area contributed by atoms with Crippen molar-refractivity contribution in [1.82, 2.24) is 15.7 Å². The predicted octanol–water partition coefficient (Wildman–Crippen LogP) is 3.26. The second kappa shape index (κ2) is 13.1. The van der Waals surface area contributed by atoms with Crippen molar-refractivity contribution in [3.8, 4) is 0 Å². The Balaban J connectivity index is 1.45. The van der Waals surface area contributed by atoms with Crippen LogP contribution in [-0.2, 0) is 24.0 Å². The number of nitrogens with one attached hydrogen (secondary N) is 2. The number of ketones is 1. The summed E-state index contributed by atoms with van der Waals surface area (Å²) in [4.78, 5) is 65.9. The number of hydrogen-bond acceptors (Lipinski definition) is 7. The number of Topliss-reactive ketones (excluding diaryl/α,β-unsaturated/α-hetero) is 1.